The number of ether oxygens (including phenoxy) is 2. The lowest BCUT2D eigenvalue weighted by Crippen LogP contribution is -2.56. The monoisotopic (exact) mass is 481 g/mol. The number of carbonyl (C=O) groups is 3. The Hall–Kier alpha value is -3.43. The predicted molar refractivity (Wildman–Crippen MR) is 129 cm³/mol. The summed E-state index contributed by atoms with van der Waals surface area (Å²) in [5.41, 5.74) is 4.67. The predicted octanol–water partition coefficient (Wildman–Crippen LogP) is 2.16. The number of hydrogen-bond acceptors (Lipinski definition) is 6. The maximum absolute atomic E-state index is 12.3. The minimum absolute atomic E-state index is 0.00529. The minimum atomic E-state index is -0.930. The van der Waals surface area contributed by atoms with E-state index in [4.69, 9.17) is 9.47 Å². The molecule has 9 heteroatoms. The summed E-state index contributed by atoms with van der Waals surface area (Å²) in [7, 11) is 1.74. The number of likely N-dealkylation sites (N-methyl/N-ethyl adjacent to an activating group) is 1. The summed E-state index contributed by atoms with van der Waals surface area (Å²) in [6, 6.07) is 15.6. The van der Waals surface area contributed by atoms with Gasteiger partial charge in [0.2, 0.25) is 5.91 Å². The van der Waals surface area contributed by atoms with Crippen LogP contribution in [0.2, 0.25) is 0 Å². The Balaban J connectivity index is 1.13. The number of carbonyl (C=O) groups excluding carboxylic acids is 2. The normalized spacial score (nSPS) is 17.5. The molecule has 1 aliphatic heterocycles. The van der Waals surface area contributed by atoms with Crippen LogP contribution in [0.25, 0.3) is 11.1 Å². The molecule has 9 nitrogen and oxygen atoms in total. The average Bonchev–Trinajstić information content (AvgIpc) is 3.18. The van der Waals surface area contributed by atoms with Crippen LogP contribution in [0.5, 0.6) is 0 Å². The van der Waals surface area contributed by atoms with Gasteiger partial charge in [0.15, 0.2) is 0 Å². The van der Waals surface area contributed by atoms with Gasteiger partial charge in [-0.2, -0.15) is 0 Å². The lowest BCUT2D eigenvalue weighted by molar-refractivity contribution is -0.147. The second kappa shape index (κ2) is 11.3. The van der Waals surface area contributed by atoms with Crippen LogP contribution in [0, 0.1) is 0 Å². The van der Waals surface area contributed by atoms with Gasteiger partial charge in [-0.15, -0.1) is 0 Å². The number of amides is 2. The Morgan fingerprint density at radius 1 is 1.00 bits per heavy atom. The van der Waals surface area contributed by atoms with Crippen molar-refractivity contribution in [3.8, 4) is 11.1 Å². The minimum Gasteiger partial charge on any atom is -0.480 e. The summed E-state index contributed by atoms with van der Waals surface area (Å²) in [5, 5.41) is 11.9. The average molecular weight is 482 g/mol. The first-order valence-corrected chi connectivity index (χ1v) is 11.8. The highest BCUT2D eigenvalue weighted by atomic mass is 16.5. The number of piperazine rings is 1. The zero-order valence-electron chi connectivity index (χ0n) is 19.8. The number of aliphatic carboxylic acids is 1. The van der Waals surface area contributed by atoms with Crippen LogP contribution in [0.4, 0.5) is 4.79 Å². The van der Waals surface area contributed by atoms with E-state index in [1.165, 1.54) is 11.1 Å². The highest BCUT2D eigenvalue weighted by Crippen LogP contribution is 2.44. The highest BCUT2D eigenvalue weighted by Gasteiger charge is 2.32. The highest BCUT2D eigenvalue weighted by molar-refractivity contribution is 5.80. The molecule has 1 unspecified atom stereocenters. The molecule has 0 aromatic heterocycles. The lowest BCUT2D eigenvalue weighted by atomic mass is 9.98. The molecular weight excluding hydrogens is 450 g/mol. The van der Waals surface area contributed by atoms with Gasteiger partial charge in [0.1, 0.15) is 12.6 Å². The molecule has 0 radical (unpaired) electrons. The Morgan fingerprint density at radius 3 is 2.31 bits per heavy atom. The Bertz CT molecular complexity index is 1030. The zero-order valence-corrected chi connectivity index (χ0v) is 19.8. The summed E-state index contributed by atoms with van der Waals surface area (Å²) >= 11 is 0. The van der Waals surface area contributed by atoms with Crippen molar-refractivity contribution in [3.63, 3.8) is 0 Å². The second-order valence-corrected chi connectivity index (χ2v) is 8.79. The third kappa shape index (κ3) is 5.80. The maximum Gasteiger partial charge on any atom is 0.407 e. The van der Waals surface area contributed by atoms with Crippen LogP contribution in [-0.4, -0.2) is 92.0 Å². The van der Waals surface area contributed by atoms with E-state index in [1.54, 1.807) is 16.8 Å². The van der Waals surface area contributed by atoms with Crippen molar-refractivity contribution >= 4 is 18.0 Å². The summed E-state index contributed by atoms with van der Waals surface area (Å²) in [6.07, 6.45) is -0.343. The molecule has 2 aromatic carbocycles. The molecule has 1 heterocycles. The Morgan fingerprint density at radius 2 is 1.66 bits per heavy atom. The fraction of sp³-hybridized carbons (Fsp3) is 0.423. The molecule has 2 N–H and O–H groups in total. The molecule has 1 atom stereocenters. The van der Waals surface area contributed by atoms with E-state index in [0.29, 0.717) is 13.1 Å². The van der Waals surface area contributed by atoms with Gasteiger partial charge in [0.25, 0.3) is 0 Å². The maximum atomic E-state index is 12.3. The second-order valence-electron chi connectivity index (χ2n) is 8.79. The number of alkyl carbamates (subject to hydrolysis) is 1. The first-order valence-electron chi connectivity index (χ1n) is 11.8. The molecule has 1 aliphatic carbocycles. The molecule has 0 saturated carbocycles. The lowest BCUT2D eigenvalue weighted by Gasteiger charge is -2.37. The van der Waals surface area contributed by atoms with E-state index < -0.39 is 18.1 Å². The summed E-state index contributed by atoms with van der Waals surface area (Å²) in [6.45, 7) is 2.16. The van der Waals surface area contributed by atoms with Crippen LogP contribution in [0.3, 0.4) is 0 Å². The number of carboxylic acids is 1. The van der Waals surface area contributed by atoms with Crippen molar-refractivity contribution in [3.05, 3.63) is 59.7 Å². The fourth-order valence-corrected chi connectivity index (χ4v) is 4.66. The van der Waals surface area contributed by atoms with Gasteiger partial charge in [-0.1, -0.05) is 48.5 Å². The number of carboxylic acid groups (broad SMARTS) is 1. The molecule has 4 rings (SSSR count). The molecule has 186 valence electrons. The van der Waals surface area contributed by atoms with E-state index in [-0.39, 0.29) is 51.2 Å². The number of nitrogens with zero attached hydrogens (tertiary/aromatic N) is 2. The van der Waals surface area contributed by atoms with Crippen LogP contribution < -0.4 is 5.32 Å². The summed E-state index contributed by atoms with van der Waals surface area (Å²) < 4.78 is 11.0. The van der Waals surface area contributed by atoms with Crippen LogP contribution in [-0.2, 0) is 19.1 Å². The number of hydrogen-bond donors (Lipinski definition) is 2. The van der Waals surface area contributed by atoms with Crippen molar-refractivity contribution in [2.45, 2.75) is 18.4 Å². The van der Waals surface area contributed by atoms with E-state index in [0.717, 1.165) is 11.1 Å². The molecule has 1 fully saturated rings. The molecule has 35 heavy (non-hydrogen) atoms. The third-order valence-corrected chi connectivity index (χ3v) is 6.61. The van der Waals surface area contributed by atoms with Crippen LogP contribution in [0.1, 0.15) is 23.5 Å². The van der Waals surface area contributed by atoms with Gasteiger partial charge in [-0.25, -0.2) is 4.79 Å². The Kier molecular flexibility index (Phi) is 7.99. The van der Waals surface area contributed by atoms with Crippen molar-refractivity contribution in [2.24, 2.45) is 0 Å². The number of fused-ring (bicyclic) bond motifs is 3. The van der Waals surface area contributed by atoms with Gasteiger partial charge in [-0.05, 0) is 29.3 Å². The van der Waals surface area contributed by atoms with Gasteiger partial charge in [0, 0.05) is 32.1 Å². The van der Waals surface area contributed by atoms with Gasteiger partial charge >= 0.3 is 12.1 Å². The van der Waals surface area contributed by atoms with Gasteiger partial charge < -0.3 is 24.8 Å². The quantitative estimate of drug-likeness (QED) is 0.529. The van der Waals surface area contributed by atoms with Crippen LogP contribution in [0.15, 0.2) is 48.5 Å². The molecule has 0 bridgehead atoms. The first kappa shape index (κ1) is 24.7. The van der Waals surface area contributed by atoms with Gasteiger partial charge in [0.05, 0.1) is 19.6 Å². The Labute approximate surface area is 204 Å². The first-order chi connectivity index (χ1) is 17.0. The van der Waals surface area contributed by atoms with Crippen molar-refractivity contribution in [1.82, 2.24) is 15.1 Å². The number of benzene rings is 2. The number of nitrogens with one attached hydrogen (secondary N) is 1. The van der Waals surface area contributed by atoms with Crippen LogP contribution >= 0.6 is 0 Å². The molecule has 2 aromatic rings. The molecule has 1 saturated heterocycles. The van der Waals surface area contributed by atoms with E-state index in [1.807, 2.05) is 24.3 Å². The largest absolute Gasteiger partial charge is 0.480 e. The summed E-state index contributed by atoms with van der Waals surface area (Å²) in [5.74, 6) is -1.06. The van der Waals surface area contributed by atoms with E-state index in [9.17, 15) is 19.5 Å². The van der Waals surface area contributed by atoms with Crippen molar-refractivity contribution in [1.29, 1.82) is 0 Å². The SMILES string of the molecule is CN1CCN(C(=O)CCOCCNC(=O)OCC2c3ccccc3-c3ccccc32)CC1C(=O)O. The molecular formula is C26H31N3O6. The fourth-order valence-electron chi connectivity index (χ4n) is 4.66. The number of rotatable bonds is 9. The molecule has 2 amide bonds. The van der Waals surface area contributed by atoms with Crippen molar-refractivity contribution < 1.29 is 29.0 Å². The van der Waals surface area contributed by atoms with E-state index >= 15 is 0 Å². The van der Waals surface area contributed by atoms with Crippen molar-refractivity contribution in [2.75, 3.05) is 53.0 Å². The topological polar surface area (TPSA) is 108 Å². The third-order valence-electron chi connectivity index (χ3n) is 6.61. The van der Waals surface area contributed by atoms with Gasteiger partial charge in [-0.3, -0.25) is 14.5 Å². The van der Waals surface area contributed by atoms with E-state index in [2.05, 4.69) is 29.6 Å². The summed E-state index contributed by atoms with van der Waals surface area (Å²) in [4.78, 5) is 39.1. The molecule has 0 spiro atoms. The molecule has 2 aliphatic rings. The zero-order chi connectivity index (χ0) is 24.8. The standard InChI is InChI=1S/C26H31N3O6/c1-28-12-13-29(16-23(28)25(31)32)24(30)10-14-34-15-11-27-26(33)35-17-22-20-8-4-2-6-18(20)19-7-3-5-9-21(19)22/h2-9,22-23H,10-17H2,1H3,(H,27,33)(H,31,32). The smallest absolute Gasteiger partial charge is 0.407 e.